The van der Waals surface area contributed by atoms with E-state index in [-0.39, 0.29) is 0 Å². The van der Waals surface area contributed by atoms with Gasteiger partial charge in [-0.05, 0) is 24.3 Å². The molecule has 1 aliphatic rings. The maximum absolute atomic E-state index is 5.12. The van der Waals surface area contributed by atoms with E-state index in [1.807, 2.05) is 0 Å². The van der Waals surface area contributed by atoms with Gasteiger partial charge in [0.25, 0.3) is 0 Å². The van der Waals surface area contributed by atoms with Gasteiger partial charge in [-0.1, -0.05) is 43.2 Å². The largest absolute Gasteiger partial charge is 0.377 e. The van der Waals surface area contributed by atoms with E-state index in [4.69, 9.17) is 4.74 Å². The van der Waals surface area contributed by atoms with Crippen molar-refractivity contribution >= 4 is 0 Å². The Kier molecular flexibility index (Phi) is 4.11. The van der Waals surface area contributed by atoms with Crippen molar-refractivity contribution < 1.29 is 4.74 Å². The van der Waals surface area contributed by atoms with Gasteiger partial charge in [0.05, 0.1) is 0 Å². The van der Waals surface area contributed by atoms with Crippen molar-refractivity contribution in [1.82, 2.24) is 15.2 Å². The smallest absolute Gasteiger partial charge is 0.158 e. The SMILES string of the molecule is COCc1nc([C@H](c2ccccc2)C2CCCC2)n[nH]1. The molecular weight excluding hydrogens is 250 g/mol. The molecule has 106 valence electrons. The summed E-state index contributed by atoms with van der Waals surface area (Å²) in [5.74, 6) is 2.68. The molecule has 0 aliphatic heterocycles. The quantitative estimate of drug-likeness (QED) is 0.908. The molecule has 3 rings (SSSR count). The first-order chi connectivity index (χ1) is 9.88. The second-order valence-electron chi connectivity index (χ2n) is 5.51. The van der Waals surface area contributed by atoms with Crippen LogP contribution in [0.3, 0.4) is 0 Å². The molecule has 4 heteroatoms. The zero-order valence-electron chi connectivity index (χ0n) is 11.9. The first-order valence-corrected chi connectivity index (χ1v) is 7.33. The van der Waals surface area contributed by atoms with Crippen LogP contribution in [0.25, 0.3) is 0 Å². The van der Waals surface area contributed by atoms with Gasteiger partial charge in [0.1, 0.15) is 6.61 Å². The molecule has 4 nitrogen and oxygen atoms in total. The molecule has 1 aromatic carbocycles. The fourth-order valence-electron chi connectivity index (χ4n) is 3.23. The molecule has 1 atom stereocenters. The third-order valence-electron chi connectivity index (χ3n) is 4.14. The van der Waals surface area contributed by atoms with Gasteiger partial charge in [-0.25, -0.2) is 4.98 Å². The van der Waals surface area contributed by atoms with Crippen LogP contribution in [0.1, 0.15) is 48.8 Å². The molecule has 1 saturated carbocycles. The van der Waals surface area contributed by atoms with E-state index in [2.05, 4.69) is 45.5 Å². The first-order valence-electron chi connectivity index (χ1n) is 7.33. The molecule has 0 unspecified atom stereocenters. The summed E-state index contributed by atoms with van der Waals surface area (Å²) in [4.78, 5) is 4.63. The van der Waals surface area contributed by atoms with Gasteiger partial charge >= 0.3 is 0 Å². The van der Waals surface area contributed by atoms with E-state index in [1.54, 1.807) is 7.11 Å². The van der Waals surface area contributed by atoms with Gasteiger partial charge < -0.3 is 4.74 Å². The Hall–Kier alpha value is -1.68. The summed E-state index contributed by atoms with van der Waals surface area (Å²) in [5.41, 5.74) is 1.32. The minimum Gasteiger partial charge on any atom is -0.377 e. The number of benzene rings is 1. The summed E-state index contributed by atoms with van der Waals surface area (Å²) in [5, 5.41) is 7.43. The minimum absolute atomic E-state index is 0.306. The van der Waals surface area contributed by atoms with Gasteiger partial charge in [0.2, 0.25) is 0 Å². The number of aromatic amines is 1. The predicted octanol–water partition coefficient (Wildman–Crippen LogP) is 3.27. The Morgan fingerprint density at radius 2 is 2.00 bits per heavy atom. The van der Waals surface area contributed by atoms with Gasteiger partial charge in [-0.15, -0.1) is 0 Å². The van der Waals surface area contributed by atoms with Crippen LogP contribution >= 0.6 is 0 Å². The molecule has 1 fully saturated rings. The highest BCUT2D eigenvalue weighted by atomic mass is 16.5. The van der Waals surface area contributed by atoms with Crippen LogP contribution in [0.15, 0.2) is 30.3 Å². The third kappa shape index (κ3) is 2.75. The number of nitrogens with one attached hydrogen (secondary N) is 1. The van der Waals surface area contributed by atoms with E-state index in [1.165, 1.54) is 31.2 Å². The monoisotopic (exact) mass is 271 g/mol. The average molecular weight is 271 g/mol. The molecule has 0 spiro atoms. The van der Waals surface area contributed by atoms with E-state index >= 15 is 0 Å². The number of rotatable bonds is 5. The normalized spacial score (nSPS) is 17.4. The Bertz CT molecular complexity index is 532. The Morgan fingerprint density at radius 3 is 2.70 bits per heavy atom. The molecule has 2 aromatic rings. The summed E-state index contributed by atoms with van der Waals surface area (Å²) in [6.45, 7) is 0.485. The third-order valence-corrected chi connectivity index (χ3v) is 4.14. The summed E-state index contributed by atoms with van der Waals surface area (Å²) < 4.78 is 5.12. The van der Waals surface area contributed by atoms with Crippen LogP contribution in [-0.4, -0.2) is 22.3 Å². The van der Waals surface area contributed by atoms with Crippen molar-refractivity contribution in [3.05, 3.63) is 47.5 Å². The maximum atomic E-state index is 5.12. The standard InChI is InChI=1S/C16H21N3O/c1-20-11-14-17-16(19-18-14)15(13-9-5-6-10-13)12-7-3-2-4-8-12/h2-4,7-8,13,15H,5-6,9-11H2,1H3,(H,17,18,19)/t15-/m1/s1. The number of aromatic nitrogens is 3. The fourth-order valence-corrected chi connectivity index (χ4v) is 3.23. The second kappa shape index (κ2) is 6.18. The predicted molar refractivity (Wildman–Crippen MR) is 77.3 cm³/mol. The molecule has 1 aliphatic carbocycles. The van der Waals surface area contributed by atoms with E-state index < -0.39 is 0 Å². The molecule has 1 aromatic heterocycles. The molecule has 0 radical (unpaired) electrons. The minimum atomic E-state index is 0.306. The topological polar surface area (TPSA) is 50.8 Å². The van der Waals surface area contributed by atoms with E-state index in [9.17, 15) is 0 Å². The zero-order chi connectivity index (χ0) is 13.8. The van der Waals surface area contributed by atoms with Crippen LogP contribution < -0.4 is 0 Å². The van der Waals surface area contributed by atoms with Crippen molar-refractivity contribution in [2.45, 2.75) is 38.2 Å². The van der Waals surface area contributed by atoms with Crippen molar-refractivity contribution in [2.75, 3.05) is 7.11 Å². The lowest BCUT2D eigenvalue weighted by molar-refractivity contribution is 0.178. The van der Waals surface area contributed by atoms with Crippen LogP contribution in [0, 0.1) is 5.92 Å². The Labute approximate surface area is 119 Å². The molecule has 0 bridgehead atoms. The lowest BCUT2D eigenvalue weighted by Gasteiger charge is -2.21. The summed E-state index contributed by atoms with van der Waals surface area (Å²) in [6, 6.07) is 10.6. The van der Waals surface area contributed by atoms with E-state index in [0.29, 0.717) is 18.4 Å². The number of hydrogen-bond acceptors (Lipinski definition) is 3. The van der Waals surface area contributed by atoms with Crippen LogP contribution in [0.2, 0.25) is 0 Å². The number of nitrogens with zero attached hydrogens (tertiary/aromatic N) is 2. The highest BCUT2D eigenvalue weighted by Crippen LogP contribution is 2.40. The lowest BCUT2D eigenvalue weighted by Crippen LogP contribution is -2.13. The van der Waals surface area contributed by atoms with Crippen LogP contribution in [-0.2, 0) is 11.3 Å². The molecule has 0 amide bonds. The maximum Gasteiger partial charge on any atom is 0.158 e. The number of hydrogen-bond donors (Lipinski definition) is 1. The average Bonchev–Trinajstić information content (AvgIpc) is 3.14. The van der Waals surface area contributed by atoms with Crippen molar-refractivity contribution in [2.24, 2.45) is 5.92 Å². The number of methoxy groups -OCH3 is 1. The van der Waals surface area contributed by atoms with Crippen molar-refractivity contribution in [1.29, 1.82) is 0 Å². The Morgan fingerprint density at radius 1 is 1.25 bits per heavy atom. The lowest BCUT2D eigenvalue weighted by atomic mass is 9.84. The van der Waals surface area contributed by atoms with Crippen LogP contribution in [0.4, 0.5) is 0 Å². The summed E-state index contributed by atoms with van der Waals surface area (Å²) >= 11 is 0. The second-order valence-corrected chi connectivity index (χ2v) is 5.51. The number of H-pyrrole nitrogens is 1. The van der Waals surface area contributed by atoms with Crippen molar-refractivity contribution in [3.63, 3.8) is 0 Å². The van der Waals surface area contributed by atoms with Gasteiger partial charge in [-0.2, -0.15) is 5.10 Å². The molecule has 20 heavy (non-hydrogen) atoms. The molecular formula is C16H21N3O. The number of ether oxygens (including phenoxy) is 1. The fraction of sp³-hybridized carbons (Fsp3) is 0.500. The van der Waals surface area contributed by atoms with Gasteiger partial charge in [0.15, 0.2) is 11.6 Å². The Balaban J connectivity index is 1.91. The van der Waals surface area contributed by atoms with Gasteiger partial charge in [0, 0.05) is 13.0 Å². The highest BCUT2D eigenvalue weighted by molar-refractivity contribution is 5.26. The molecule has 1 heterocycles. The first kappa shape index (κ1) is 13.3. The summed E-state index contributed by atoms with van der Waals surface area (Å²) in [7, 11) is 1.67. The molecule has 0 saturated heterocycles. The summed E-state index contributed by atoms with van der Waals surface area (Å²) in [6.07, 6.45) is 5.19. The highest BCUT2D eigenvalue weighted by Gasteiger charge is 2.30. The van der Waals surface area contributed by atoms with E-state index in [0.717, 1.165) is 11.6 Å². The van der Waals surface area contributed by atoms with Gasteiger partial charge in [-0.3, -0.25) is 5.10 Å². The van der Waals surface area contributed by atoms with Crippen molar-refractivity contribution in [3.8, 4) is 0 Å². The zero-order valence-corrected chi connectivity index (χ0v) is 11.9. The van der Waals surface area contributed by atoms with Crippen LogP contribution in [0.5, 0.6) is 0 Å². The molecule has 1 N–H and O–H groups in total.